The Labute approximate surface area is 119 Å². The van der Waals surface area contributed by atoms with Gasteiger partial charge in [0.1, 0.15) is 0 Å². The summed E-state index contributed by atoms with van der Waals surface area (Å²) in [6.45, 7) is 0.412. The standard InChI is InChI=1S/C11H18N2O8/c1-10(12,2-6(14)15)11(3-7(16)17,4-8(18)19)13-5-9(20)21/h13H,2-5,12H2,1H3,(H,14,15)(H,16,17)(H,18,19)(H,20,21). The monoisotopic (exact) mass is 306 g/mol. The number of hydrogen-bond donors (Lipinski definition) is 6. The molecule has 0 heterocycles. The molecule has 0 radical (unpaired) electrons. The Morgan fingerprint density at radius 1 is 0.857 bits per heavy atom. The van der Waals surface area contributed by atoms with E-state index in [1.54, 1.807) is 0 Å². The average Bonchev–Trinajstić information content (AvgIpc) is 2.21. The normalized spacial score (nSPS) is 14.2. The molecule has 0 saturated heterocycles. The van der Waals surface area contributed by atoms with Gasteiger partial charge in [0.2, 0.25) is 0 Å². The largest absolute Gasteiger partial charge is 0.481 e. The van der Waals surface area contributed by atoms with Gasteiger partial charge in [0.25, 0.3) is 0 Å². The number of rotatable bonds is 10. The lowest BCUT2D eigenvalue weighted by molar-refractivity contribution is -0.148. The summed E-state index contributed by atoms with van der Waals surface area (Å²) in [6.07, 6.45) is -2.42. The van der Waals surface area contributed by atoms with Crippen LogP contribution in [0, 0.1) is 0 Å². The van der Waals surface area contributed by atoms with Crippen molar-refractivity contribution in [2.24, 2.45) is 5.73 Å². The predicted octanol–water partition coefficient (Wildman–Crippen LogP) is -1.46. The van der Waals surface area contributed by atoms with Crippen molar-refractivity contribution in [2.75, 3.05) is 6.54 Å². The highest BCUT2D eigenvalue weighted by Gasteiger charge is 2.49. The molecule has 1 atom stereocenters. The van der Waals surface area contributed by atoms with Gasteiger partial charge in [0.15, 0.2) is 0 Å². The van der Waals surface area contributed by atoms with E-state index in [2.05, 4.69) is 5.32 Å². The Balaban J connectivity index is 5.71. The van der Waals surface area contributed by atoms with Crippen molar-refractivity contribution in [1.82, 2.24) is 5.32 Å². The van der Waals surface area contributed by atoms with Crippen molar-refractivity contribution in [2.45, 2.75) is 37.3 Å². The summed E-state index contributed by atoms with van der Waals surface area (Å²) in [5, 5.41) is 37.7. The van der Waals surface area contributed by atoms with Crippen molar-refractivity contribution in [3.63, 3.8) is 0 Å². The fourth-order valence-corrected chi connectivity index (χ4v) is 2.04. The second-order valence-electron chi connectivity index (χ2n) is 4.96. The Morgan fingerprint density at radius 2 is 1.24 bits per heavy atom. The lowest BCUT2D eigenvalue weighted by atomic mass is 9.71. The molecule has 7 N–H and O–H groups in total. The van der Waals surface area contributed by atoms with Crippen LogP contribution in [0.2, 0.25) is 0 Å². The van der Waals surface area contributed by atoms with E-state index in [9.17, 15) is 19.2 Å². The molecule has 0 saturated carbocycles. The summed E-state index contributed by atoms with van der Waals surface area (Å²) in [6, 6.07) is 0. The summed E-state index contributed by atoms with van der Waals surface area (Å²) in [7, 11) is 0. The zero-order valence-corrected chi connectivity index (χ0v) is 11.3. The first-order valence-corrected chi connectivity index (χ1v) is 5.83. The molecule has 0 amide bonds. The third kappa shape index (κ3) is 5.75. The summed E-state index contributed by atoms with van der Waals surface area (Å²) >= 11 is 0. The van der Waals surface area contributed by atoms with E-state index in [1.165, 1.54) is 6.92 Å². The van der Waals surface area contributed by atoms with Crippen molar-refractivity contribution >= 4 is 23.9 Å². The molecule has 21 heavy (non-hydrogen) atoms. The molecule has 0 aliphatic carbocycles. The van der Waals surface area contributed by atoms with E-state index in [4.69, 9.17) is 26.2 Å². The third-order valence-electron chi connectivity index (χ3n) is 3.10. The maximum absolute atomic E-state index is 11.0. The van der Waals surface area contributed by atoms with Gasteiger partial charge in [-0.2, -0.15) is 0 Å². The molecule has 0 aromatic heterocycles. The molecule has 0 fully saturated rings. The van der Waals surface area contributed by atoms with Crippen LogP contribution in [0.15, 0.2) is 0 Å². The SMILES string of the molecule is CC(N)(CC(=O)O)C(CC(=O)O)(CC(=O)O)NCC(=O)O. The van der Waals surface area contributed by atoms with E-state index in [0.29, 0.717) is 0 Å². The minimum Gasteiger partial charge on any atom is -0.481 e. The Hall–Kier alpha value is -2.20. The van der Waals surface area contributed by atoms with Gasteiger partial charge >= 0.3 is 23.9 Å². The number of carbonyl (C=O) groups is 4. The molecule has 0 bridgehead atoms. The Kier molecular flexibility index (Phi) is 6.26. The molecule has 0 aromatic carbocycles. The maximum Gasteiger partial charge on any atom is 0.317 e. The van der Waals surface area contributed by atoms with E-state index >= 15 is 0 Å². The highest BCUT2D eigenvalue weighted by atomic mass is 16.4. The van der Waals surface area contributed by atoms with Crippen LogP contribution in [-0.2, 0) is 19.2 Å². The molecule has 1 unspecified atom stereocenters. The Bertz CT molecular complexity index is 430. The van der Waals surface area contributed by atoms with Crippen LogP contribution in [0.25, 0.3) is 0 Å². The fourth-order valence-electron chi connectivity index (χ4n) is 2.04. The molecule has 10 heteroatoms. The van der Waals surface area contributed by atoms with Gasteiger partial charge in [-0.25, -0.2) is 0 Å². The van der Waals surface area contributed by atoms with Crippen molar-refractivity contribution in [3.05, 3.63) is 0 Å². The summed E-state index contributed by atoms with van der Waals surface area (Å²) in [5.74, 6) is -5.59. The van der Waals surface area contributed by atoms with Crippen LogP contribution >= 0.6 is 0 Å². The van der Waals surface area contributed by atoms with Crippen LogP contribution in [0.3, 0.4) is 0 Å². The lowest BCUT2D eigenvalue weighted by Crippen LogP contribution is -2.69. The molecule has 0 aliphatic heterocycles. The molecule has 0 aromatic rings. The van der Waals surface area contributed by atoms with E-state index < -0.39 is 60.8 Å². The van der Waals surface area contributed by atoms with E-state index in [0.717, 1.165) is 0 Å². The second kappa shape index (κ2) is 6.99. The van der Waals surface area contributed by atoms with Gasteiger partial charge < -0.3 is 26.2 Å². The number of hydrogen-bond acceptors (Lipinski definition) is 6. The van der Waals surface area contributed by atoms with Crippen molar-refractivity contribution in [3.8, 4) is 0 Å². The average molecular weight is 306 g/mol. The van der Waals surface area contributed by atoms with Gasteiger partial charge in [-0.1, -0.05) is 0 Å². The summed E-state index contributed by atoms with van der Waals surface area (Å²) in [4.78, 5) is 43.5. The molecular weight excluding hydrogens is 288 g/mol. The number of carboxylic acids is 4. The van der Waals surface area contributed by atoms with Gasteiger partial charge in [-0.05, 0) is 6.92 Å². The number of nitrogens with one attached hydrogen (secondary N) is 1. The summed E-state index contributed by atoms with van der Waals surface area (Å²) < 4.78 is 0. The van der Waals surface area contributed by atoms with Gasteiger partial charge in [-0.15, -0.1) is 0 Å². The summed E-state index contributed by atoms with van der Waals surface area (Å²) in [5.41, 5.74) is 2.09. The lowest BCUT2D eigenvalue weighted by Gasteiger charge is -2.44. The van der Waals surface area contributed by atoms with E-state index in [-0.39, 0.29) is 0 Å². The molecule has 0 spiro atoms. The molecule has 0 aliphatic rings. The van der Waals surface area contributed by atoms with Crippen LogP contribution in [0.4, 0.5) is 0 Å². The molecule has 10 nitrogen and oxygen atoms in total. The second-order valence-corrected chi connectivity index (χ2v) is 4.96. The van der Waals surface area contributed by atoms with Crippen molar-refractivity contribution < 1.29 is 39.6 Å². The fraction of sp³-hybridized carbons (Fsp3) is 0.636. The first-order valence-electron chi connectivity index (χ1n) is 5.83. The third-order valence-corrected chi connectivity index (χ3v) is 3.10. The minimum atomic E-state index is -1.93. The van der Waals surface area contributed by atoms with Gasteiger partial charge in [0.05, 0.1) is 31.3 Å². The Morgan fingerprint density at radius 3 is 1.52 bits per heavy atom. The van der Waals surface area contributed by atoms with Crippen LogP contribution in [0.5, 0.6) is 0 Å². The zero-order valence-electron chi connectivity index (χ0n) is 11.3. The smallest absolute Gasteiger partial charge is 0.317 e. The van der Waals surface area contributed by atoms with Crippen molar-refractivity contribution in [1.29, 1.82) is 0 Å². The molecular formula is C11H18N2O8. The van der Waals surface area contributed by atoms with Crippen LogP contribution < -0.4 is 11.1 Å². The topological polar surface area (TPSA) is 187 Å². The van der Waals surface area contributed by atoms with E-state index in [1.807, 2.05) is 0 Å². The van der Waals surface area contributed by atoms with Gasteiger partial charge in [0, 0.05) is 5.54 Å². The van der Waals surface area contributed by atoms with Gasteiger partial charge in [-0.3, -0.25) is 24.5 Å². The first kappa shape index (κ1) is 18.8. The number of aliphatic carboxylic acids is 4. The number of nitrogens with two attached hydrogens (primary N) is 1. The highest BCUT2D eigenvalue weighted by Crippen LogP contribution is 2.30. The highest BCUT2D eigenvalue weighted by molar-refractivity contribution is 5.76. The molecule has 0 rings (SSSR count). The predicted molar refractivity (Wildman–Crippen MR) is 67.7 cm³/mol. The van der Waals surface area contributed by atoms with Crippen LogP contribution in [-0.4, -0.2) is 61.9 Å². The minimum absolute atomic E-state index is 0.736. The molecule has 120 valence electrons. The van der Waals surface area contributed by atoms with Crippen LogP contribution in [0.1, 0.15) is 26.2 Å². The number of carboxylic acid groups (broad SMARTS) is 4. The quantitative estimate of drug-likeness (QED) is 0.278. The zero-order chi connectivity index (χ0) is 16.8. The first-order chi connectivity index (χ1) is 9.42. The maximum atomic E-state index is 11.0.